The summed E-state index contributed by atoms with van der Waals surface area (Å²) in [5.41, 5.74) is 2.75. The fourth-order valence-corrected chi connectivity index (χ4v) is 6.01. The lowest BCUT2D eigenvalue weighted by molar-refractivity contribution is -0.132. The maximum absolute atomic E-state index is 13.6. The number of fused-ring (bicyclic) bond motifs is 2. The SMILES string of the molecule is CCCCOc1cccc([C@@H]2C(=C(O)c3ccc4c(c3)OCCO4)C(=O)C(=O)N2c2nc3ccc(C)cc3s2)c1. The van der Waals surface area contributed by atoms with E-state index >= 15 is 0 Å². The smallest absolute Gasteiger partial charge is 0.301 e. The van der Waals surface area contributed by atoms with Crippen LogP contribution in [0.15, 0.2) is 66.2 Å². The molecule has 0 unspecified atom stereocenters. The van der Waals surface area contributed by atoms with Crippen LogP contribution in [0, 0.1) is 6.92 Å². The molecule has 40 heavy (non-hydrogen) atoms. The summed E-state index contributed by atoms with van der Waals surface area (Å²) >= 11 is 1.33. The molecule has 1 N–H and O–H groups in total. The summed E-state index contributed by atoms with van der Waals surface area (Å²) in [6.07, 6.45) is 1.89. The van der Waals surface area contributed by atoms with Gasteiger partial charge < -0.3 is 19.3 Å². The lowest BCUT2D eigenvalue weighted by Gasteiger charge is -2.24. The van der Waals surface area contributed by atoms with E-state index in [1.54, 1.807) is 18.2 Å². The first kappa shape index (κ1) is 25.9. The van der Waals surface area contributed by atoms with Crippen molar-refractivity contribution in [2.24, 2.45) is 0 Å². The van der Waals surface area contributed by atoms with Crippen LogP contribution in [0.1, 0.15) is 42.5 Å². The molecule has 0 spiro atoms. The molecule has 3 heterocycles. The second kappa shape index (κ2) is 10.7. The number of carbonyl (C=O) groups excluding carboxylic acids is 2. The van der Waals surface area contributed by atoms with Crippen molar-refractivity contribution in [2.75, 3.05) is 24.7 Å². The van der Waals surface area contributed by atoms with Crippen LogP contribution in [-0.2, 0) is 9.59 Å². The highest BCUT2D eigenvalue weighted by Crippen LogP contribution is 2.45. The molecule has 8 nitrogen and oxygen atoms in total. The summed E-state index contributed by atoms with van der Waals surface area (Å²) in [5.74, 6) is -0.189. The number of rotatable bonds is 7. The van der Waals surface area contributed by atoms with Gasteiger partial charge in [0.25, 0.3) is 5.78 Å². The molecule has 1 aromatic heterocycles. The third-order valence-electron chi connectivity index (χ3n) is 6.94. The number of aliphatic hydroxyl groups is 1. The Hall–Kier alpha value is -4.37. The van der Waals surface area contributed by atoms with Gasteiger partial charge in [0.05, 0.1) is 28.4 Å². The molecule has 1 atom stereocenters. The van der Waals surface area contributed by atoms with Gasteiger partial charge in [-0.1, -0.05) is 42.9 Å². The number of aliphatic hydroxyl groups excluding tert-OH is 1. The van der Waals surface area contributed by atoms with Crippen molar-refractivity contribution in [3.8, 4) is 17.2 Å². The van der Waals surface area contributed by atoms with Crippen molar-refractivity contribution in [1.29, 1.82) is 0 Å². The van der Waals surface area contributed by atoms with Gasteiger partial charge in [-0.3, -0.25) is 14.5 Å². The number of hydrogen-bond acceptors (Lipinski definition) is 8. The first-order valence-corrected chi connectivity index (χ1v) is 14.1. The Bertz CT molecular complexity index is 1660. The minimum absolute atomic E-state index is 0.0252. The van der Waals surface area contributed by atoms with E-state index in [0.29, 0.717) is 53.3 Å². The number of anilines is 1. The lowest BCUT2D eigenvalue weighted by atomic mass is 9.95. The molecule has 6 rings (SSSR count). The molecule has 2 aliphatic heterocycles. The first-order chi connectivity index (χ1) is 19.4. The topological polar surface area (TPSA) is 98.2 Å². The number of ether oxygens (including phenoxy) is 3. The summed E-state index contributed by atoms with van der Waals surface area (Å²) in [5, 5.41) is 11.9. The Morgan fingerprint density at radius 1 is 1.07 bits per heavy atom. The van der Waals surface area contributed by atoms with E-state index in [9.17, 15) is 14.7 Å². The molecule has 204 valence electrons. The summed E-state index contributed by atoms with van der Waals surface area (Å²) in [6, 6.07) is 17.2. The van der Waals surface area contributed by atoms with E-state index in [0.717, 1.165) is 28.6 Å². The van der Waals surface area contributed by atoms with Crippen LogP contribution in [0.25, 0.3) is 16.0 Å². The Labute approximate surface area is 235 Å². The molecule has 0 bridgehead atoms. The van der Waals surface area contributed by atoms with Crippen molar-refractivity contribution < 1.29 is 28.9 Å². The van der Waals surface area contributed by atoms with Crippen LogP contribution in [0.4, 0.5) is 5.13 Å². The van der Waals surface area contributed by atoms with Crippen LogP contribution in [-0.4, -0.2) is 41.6 Å². The number of aromatic nitrogens is 1. The third-order valence-corrected chi connectivity index (χ3v) is 7.96. The Morgan fingerprint density at radius 2 is 1.90 bits per heavy atom. The number of Topliss-reactive ketones (excluding diaryl/α,β-unsaturated/α-hetero) is 1. The maximum Gasteiger partial charge on any atom is 0.301 e. The van der Waals surface area contributed by atoms with Gasteiger partial charge in [-0.2, -0.15) is 0 Å². The van der Waals surface area contributed by atoms with Crippen molar-refractivity contribution >= 4 is 44.1 Å². The fraction of sp³-hybridized carbons (Fsp3) is 0.258. The van der Waals surface area contributed by atoms with Gasteiger partial charge in [0.1, 0.15) is 24.7 Å². The van der Waals surface area contributed by atoms with Gasteiger partial charge in [-0.15, -0.1) is 0 Å². The van der Waals surface area contributed by atoms with Crippen molar-refractivity contribution in [3.05, 3.63) is 82.9 Å². The highest BCUT2D eigenvalue weighted by molar-refractivity contribution is 7.22. The normalized spacial score (nSPS) is 17.9. The number of amides is 1. The molecular weight excluding hydrogens is 528 g/mol. The number of nitrogens with zero attached hydrogens (tertiary/aromatic N) is 2. The van der Waals surface area contributed by atoms with Crippen LogP contribution >= 0.6 is 11.3 Å². The van der Waals surface area contributed by atoms with Crippen molar-refractivity contribution in [2.45, 2.75) is 32.7 Å². The molecule has 3 aromatic carbocycles. The van der Waals surface area contributed by atoms with Crippen LogP contribution in [0.2, 0.25) is 0 Å². The van der Waals surface area contributed by atoms with E-state index < -0.39 is 17.7 Å². The Kier molecular flexibility index (Phi) is 6.89. The third kappa shape index (κ3) is 4.66. The van der Waals surface area contributed by atoms with Gasteiger partial charge in [0.2, 0.25) is 0 Å². The minimum Gasteiger partial charge on any atom is -0.507 e. The Morgan fingerprint density at radius 3 is 2.73 bits per heavy atom. The van der Waals surface area contributed by atoms with E-state index in [-0.39, 0.29) is 11.3 Å². The highest BCUT2D eigenvalue weighted by atomic mass is 32.1. The van der Waals surface area contributed by atoms with E-state index in [2.05, 4.69) is 6.92 Å². The molecular formula is C31H28N2O6S. The Balaban J connectivity index is 1.50. The standard InChI is InChI=1S/C31H28N2O6S/c1-3-4-12-37-21-7-5-6-19(16-21)27-26(28(34)20-9-11-23-24(17-20)39-14-13-38-23)29(35)30(36)33(27)31-32-22-10-8-18(2)15-25(22)40-31/h5-11,15-17,27,34H,3-4,12-14H2,1-2H3/t27-/m1/s1. The second-order valence-electron chi connectivity index (χ2n) is 9.77. The fourth-order valence-electron chi connectivity index (χ4n) is 4.92. The van der Waals surface area contributed by atoms with Gasteiger partial charge in [0.15, 0.2) is 16.6 Å². The van der Waals surface area contributed by atoms with Gasteiger partial charge in [0, 0.05) is 5.56 Å². The predicted octanol–water partition coefficient (Wildman–Crippen LogP) is 6.18. The number of carbonyl (C=O) groups is 2. The number of benzene rings is 3. The zero-order valence-electron chi connectivity index (χ0n) is 22.2. The molecule has 2 aliphatic rings. The number of hydrogen-bond donors (Lipinski definition) is 1. The highest BCUT2D eigenvalue weighted by Gasteiger charge is 2.48. The van der Waals surface area contributed by atoms with E-state index in [1.807, 2.05) is 49.4 Å². The molecule has 0 radical (unpaired) electrons. The molecule has 1 amide bonds. The minimum atomic E-state index is -0.912. The van der Waals surface area contributed by atoms with Gasteiger partial charge >= 0.3 is 5.91 Å². The maximum atomic E-state index is 13.6. The van der Waals surface area contributed by atoms with Gasteiger partial charge in [-0.05, 0) is 66.9 Å². The van der Waals surface area contributed by atoms with Crippen LogP contribution in [0.3, 0.4) is 0 Å². The van der Waals surface area contributed by atoms with Crippen molar-refractivity contribution in [3.63, 3.8) is 0 Å². The van der Waals surface area contributed by atoms with Crippen LogP contribution in [0.5, 0.6) is 17.2 Å². The summed E-state index contributed by atoms with van der Waals surface area (Å²) in [6.45, 7) is 5.44. The zero-order valence-corrected chi connectivity index (χ0v) is 23.0. The molecule has 0 aliphatic carbocycles. The number of ketones is 1. The molecule has 9 heteroatoms. The summed E-state index contributed by atoms with van der Waals surface area (Å²) in [4.78, 5) is 33.3. The van der Waals surface area contributed by atoms with E-state index in [1.165, 1.54) is 16.2 Å². The van der Waals surface area contributed by atoms with E-state index in [4.69, 9.17) is 19.2 Å². The molecule has 1 saturated heterocycles. The number of unbranched alkanes of at least 4 members (excludes halogenated alkanes) is 1. The molecule has 0 saturated carbocycles. The van der Waals surface area contributed by atoms with Gasteiger partial charge in [-0.25, -0.2) is 4.98 Å². The lowest BCUT2D eigenvalue weighted by Crippen LogP contribution is -2.29. The van der Waals surface area contributed by atoms with Crippen molar-refractivity contribution in [1.82, 2.24) is 4.98 Å². The molecule has 4 aromatic rings. The second-order valence-corrected chi connectivity index (χ2v) is 10.8. The first-order valence-electron chi connectivity index (χ1n) is 13.3. The monoisotopic (exact) mass is 556 g/mol. The predicted molar refractivity (Wildman–Crippen MR) is 153 cm³/mol. The average molecular weight is 557 g/mol. The quantitative estimate of drug-likeness (QED) is 0.126. The largest absolute Gasteiger partial charge is 0.507 e. The van der Waals surface area contributed by atoms with Crippen LogP contribution < -0.4 is 19.1 Å². The average Bonchev–Trinajstić information content (AvgIpc) is 3.50. The zero-order chi connectivity index (χ0) is 27.8. The molecule has 1 fully saturated rings. The number of aryl methyl sites for hydroxylation is 1. The number of thiazole rings is 1. The summed E-state index contributed by atoms with van der Waals surface area (Å²) in [7, 11) is 0. The summed E-state index contributed by atoms with van der Waals surface area (Å²) < 4.78 is 18.1.